The summed E-state index contributed by atoms with van der Waals surface area (Å²) in [6, 6.07) is 8.79. The fourth-order valence-electron chi connectivity index (χ4n) is 1.83. The summed E-state index contributed by atoms with van der Waals surface area (Å²) in [7, 11) is 0. The molecule has 0 atom stereocenters. The first-order chi connectivity index (χ1) is 10.1. The summed E-state index contributed by atoms with van der Waals surface area (Å²) in [5, 5.41) is 6.56. The van der Waals surface area contributed by atoms with Crippen LogP contribution in [0, 0.1) is 6.92 Å². The van der Waals surface area contributed by atoms with Crippen LogP contribution in [-0.2, 0) is 0 Å². The van der Waals surface area contributed by atoms with Gasteiger partial charge in [0.1, 0.15) is 0 Å². The molecular weight excluding hydrogens is 338 g/mol. The molecule has 0 bridgehead atoms. The van der Waals surface area contributed by atoms with Gasteiger partial charge in [0, 0.05) is 0 Å². The first-order valence-corrected chi connectivity index (χ1v) is 6.88. The third-order valence-electron chi connectivity index (χ3n) is 2.80. The van der Waals surface area contributed by atoms with Crippen molar-refractivity contribution >= 4 is 27.5 Å². The number of furan rings is 1. The molecule has 0 unspecified atom stereocenters. The van der Waals surface area contributed by atoms with Crippen LogP contribution in [0.2, 0.25) is 0 Å². The Morgan fingerprint density at radius 2 is 2.10 bits per heavy atom. The molecule has 0 spiro atoms. The van der Waals surface area contributed by atoms with Gasteiger partial charge in [-0.15, -0.1) is 0 Å². The van der Waals surface area contributed by atoms with Gasteiger partial charge < -0.3 is 14.3 Å². The van der Waals surface area contributed by atoms with Gasteiger partial charge >= 0.3 is 0 Å². The minimum Gasteiger partial charge on any atom is -0.457 e. The second-order valence-corrected chi connectivity index (χ2v) is 4.97. The Kier molecular flexibility index (Phi) is 3.57. The minimum atomic E-state index is -0.292. The van der Waals surface area contributed by atoms with E-state index in [0.717, 1.165) is 0 Å². The predicted octanol–water partition coefficient (Wildman–Crippen LogP) is 3.65. The average molecular weight is 348 g/mol. The van der Waals surface area contributed by atoms with Crippen LogP contribution >= 0.6 is 15.9 Å². The SMILES string of the molecule is Cc1noc(-c2ccccc2NC(=O)c2ccoc2Br)n1. The Morgan fingerprint density at radius 1 is 1.29 bits per heavy atom. The zero-order valence-corrected chi connectivity index (χ0v) is 12.5. The molecule has 0 aliphatic rings. The molecule has 1 aromatic carbocycles. The standard InChI is InChI=1S/C14H10BrN3O3/c1-8-16-14(21-18-8)9-4-2-3-5-11(9)17-13(19)10-6-7-20-12(10)15/h2-7H,1H3,(H,17,19). The minimum absolute atomic E-state index is 0.292. The van der Waals surface area contributed by atoms with Crippen LogP contribution in [0.15, 0.2) is 50.2 Å². The maximum Gasteiger partial charge on any atom is 0.260 e. The lowest BCUT2D eigenvalue weighted by atomic mass is 10.1. The molecule has 0 aliphatic heterocycles. The lowest BCUT2D eigenvalue weighted by Crippen LogP contribution is -2.12. The largest absolute Gasteiger partial charge is 0.457 e. The maximum atomic E-state index is 12.2. The number of anilines is 1. The number of hydrogen-bond acceptors (Lipinski definition) is 5. The van der Waals surface area contributed by atoms with E-state index in [-0.39, 0.29) is 5.91 Å². The van der Waals surface area contributed by atoms with Crippen molar-refractivity contribution in [3.8, 4) is 11.5 Å². The van der Waals surface area contributed by atoms with E-state index < -0.39 is 0 Å². The molecule has 3 aromatic rings. The third-order valence-corrected chi connectivity index (χ3v) is 3.41. The van der Waals surface area contributed by atoms with Crippen molar-refractivity contribution in [1.29, 1.82) is 0 Å². The second kappa shape index (κ2) is 5.53. The molecule has 21 heavy (non-hydrogen) atoms. The van der Waals surface area contributed by atoms with Crippen LogP contribution in [0.5, 0.6) is 0 Å². The van der Waals surface area contributed by atoms with E-state index in [1.54, 1.807) is 25.1 Å². The Balaban J connectivity index is 1.93. The van der Waals surface area contributed by atoms with E-state index in [4.69, 9.17) is 8.94 Å². The van der Waals surface area contributed by atoms with Crippen LogP contribution in [0.25, 0.3) is 11.5 Å². The Bertz CT molecular complexity index is 794. The van der Waals surface area contributed by atoms with Crippen molar-refractivity contribution in [2.75, 3.05) is 5.32 Å². The first kappa shape index (κ1) is 13.6. The van der Waals surface area contributed by atoms with Gasteiger partial charge in [-0.05, 0) is 41.1 Å². The van der Waals surface area contributed by atoms with Gasteiger partial charge in [-0.1, -0.05) is 17.3 Å². The predicted molar refractivity (Wildman–Crippen MR) is 78.8 cm³/mol. The number of hydrogen-bond donors (Lipinski definition) is 1. The number of halogens is 1. The number of nitrogens with one attached hydrogen (secondary N) is 1. The molecule has 6 nitrogen and oxygen atoms in total. The molecule has 0 aliphatic carbocycles. The zero-order valence-electron chi connectivity index (χ0n) is 11.0. The Morgan fingerprint density at radius 3 is 2.76 bits per heavy atom. The molecule has 0 saturated heterocycles. The summed E-state index contributed by atoms with van der Waals surface area (Å²) in [6.07, 6.45) is 1.44. The summed E-state index contributed by atoms with van der Waals surface area (Å²) >= 11 is 3.18. The third kappa shape index (κ3) is 2.73. The Labute approximate surface area is 128 Å². The summed E-state index contributed by atoms with van der Waals surface area (Å²) in [5.41, 5.74) is 1.65. The molecule has 2 aromatic heterocycles. The van der Waals surface area contributed by atoms with Gasteiger partial charge in [0.2, 0.25) is 0 Å². The molecule has 0 fully saturated rings. The molecule has 3 rings (SSSR count). The molecular formula is C14H10BrN3O3. The van der Waals surface area contributed by atoms with Crippen LogP contribution in [-0.4, -0.2) is 16.0 Å². The van der Waals surface area contributed by atoms with Gasteiger partial charge in [0.05, 0.1) is 23.1 Å². The van der Waals surface area contributed by atoms with Crippen molar-refractivity contribution in [3.05, 3.63) is 52.7 Å². The second-order valence-electron chi connectivity index (χ2n) is 4.25. The normalized spacial score (nSPS) is 10.6. The lowest BCUT2D eigenvalue weighted by Gasteiger charge is -2.07. The van der Waals surface area contributed by atoms with E-state index >= 15 is 0 Å². The molecule has 1 N–H and O–H groups in total. The number of rotatable bonds is 3. The van der Waals surface area contributed by atoms with Gasteiger partial charge in [0.15, 0.2) is 10.5 Å². The summed E-state index contributed by atoms with van der Waals surface area (Å²) < 4.78 is 10.6. The van der Waals surface area contributed by atoms with Crippen molar-refractivity contribution in [3.63, 3.8) is 0 Å². The molecule has 1 amide bonds. The number of carbonyl (C=O) groups is 1. The van der Waals surface area contributed by atoms with E-state index in [2.05, 4.69) is 31.4 Å². The topological polar surface area (TPSA) is 81.2 Å². The van der Waals surface area contributed by atoms with Crippen molar-refractivity contribution in [2.24, 2.45) is 0 Å². The number of para-hydroxylation sites is 1. The number of carbonyl (C=O) groups excluding carboxylic acids is 1. The maximum absolute atomic E-state index is 12.2. The van der Waals surface area contributed by atoms with E-state index in [1.165, 1.54) is 6.26 Å². The van der Waals surface area contributed by atoms with Crippen molar-refractivity contribution < 1.29 is 13.7 Å². The molecule has 7 heteroatoms. The van der Waals surface area contributed by atoms with E-state index in [0.29, 0.717) is 33.2 Å². The first-order valence-electron chi connectivity index (χ1n) is 6.09. The lowest BCUT2D eigenvalue weighted by molar-refractivity contribution is 0.102. The van der Waals surface area contributed by atoms with E-state index in [9.17, 15) is 4.79 Å². The highest BCUT2D eigenvalue weighted by Crippen LogP contribution is 2.27. The Hall–Kier alpha value is -2.41. The summed E-state index contributed by atoms with van der Waals surface area (Å²) in [4.78, 5) is 16.4. The summed E-state index contributed by atoms with van der Waals surface area (Å²) in [5.74, 6) is 0.595. The summed E-state index contributed by atoms with van der Waals surface area (Å²) in [6.45, 7) is 1.73. The quantitative estimate of drug-likeness (QED) is 0.781. The molecule has 0 saturated carbocycles. The zero-order chi connectivity index (χ0) is 14.8. The smallest absolute Gasteiger partial charge is 0.260 e. The number of benzene rings is 1. The van der Waals surface area contributed by atoms with Gasteiger partial charge in [-0.2, -0.15) is 4.98 Å². The van der Waals surface area contributed by atoms with Crippen molar-refractivity contribution in [1.82, 2.24) is 10.1 Å². The fourth-order valence-corrected chi connectivity index (χ4v) is 2.25. The number of amides is 1. The number of nitrogens with zero attached hydrogens (tertiary/aromatic N) is 2. The van der Waals surface area contributed by atoms with Gasteiger partial charge in [-0.25, -0.2) is 0 Å². The molecule has 2 heterocycles. The highest BCUT2D eigenvalue weighted by Gasteiger charge is 2.16. The molecule has 0 radical (unpaired) electrons. The van der Waals surface area contributed by atoms with Crippen LogP contribution < -0.4 is 5.32 Å². The molecule has 106 valence electrons. The highest BCUT2D eigenvalue weighted by molar-refractivity contribution is 9.10. The van der Waals surface area contributed by atoms with Crippen LogP contribution in [0.3, 0.4) is 0 Å². The average Bonchev–Trinajstić information content (AvgIpc) is 3.08. The van der Waals surface area contributed by atoms with Crippen LogP contribution in [0.1, 0.15) is 16.2 Å². The van der Waals surface area contributed by atoms with Crippen LogP contribution in [0.4, 0.5) is 5.69 Å². The number of aromatic nitrogens is 2. The fraction of sp³-hybridized carbons (Fsp3) is 0.0714. The monoisotopic (exact) mass is 347 g/mol. The van der Waals surface area contributed by atoms with Gasteiger partial charge in [0.25, 0.3) is 11.8 Å². The van der Waals surface area contributed by atoms with Gasteiger partial charge in [-0.3, -0.25) is 4.79 Å². The van der Waals surface area contributed by atoms with Crippen molar-refractivity contribution in [2.45, 2.75) is 6.92 Å². The highest BCUT2D eigenvalue weighted by atomic mass is 79.9. The van der Waals surface area contributed by atoms with E-state index in [1.807, 2.05) is 12.1 Å². The number of aryl methyl sites for hydroxylation is 1.